The van der Waals surface area contributed by atoms with Gasteiger partial charge in [-0.3, -0.25) is 4.79 Å². The molecule has 0 aliphatic carbocycles. The molecule has 184 valence electrons. The van der Waals surface area contributed by atoms with Gasteiger partial charge in [0.1, 0.15) is 11.6 Å². The van der Waals surface area contributed by atoms with Gasteiger partial charge < -0.3 is 5.32 Å². The molecule has 4 rings (SSSR count). The summed E-state index contributed by atoms with van der Waals surface area (Å²) in [6, 6.07) is 17.5. The van der Waals surface area contributed by atoms with Crippen molar-refractivity contribution in [3.8, 4) is 11.1 Å². The maximum Gasteiger partial charge on any atom is 0.268 e. The lowest BCUT2D eigenvalue weighted by atomic mass is 10.1. The van der Waals surface area contributed by atoms with Crippen LogP contribution in [0.2, 0.25) is 0 Å². The average Bonchev–Trinajstić information content (AvgIpc) is 3.28. The van der Waals surface area contributed by atoms with Crippen LogP contribution in [0.3, 0.4) is 0 Å². The number of hydrogen-bond donors (Lipinski definition) is 1. The summed E-state index contributed by atoms with van der Waals surface area (Å²) in [7, 11) is -4.04. The second-order valence-corrected chi connectivity index (χ2v) is 9.85. The number of carbonyl (C=O) groups is 1. The molecule has 1 aromatic heterocycles. The average molecular weight is 507 g/mol. The third-order valence-corrected chi connectivity index (χ3v) is 7.50. The van der Waals surface area contributed by atoms with Crippen LogP contribution in [0.15, 0.2) is 83.9 Å². The predicted octanol–water partition coefficient (Wildman–Crippen LogP) is 4.20. The van der Waals surface area contributed by atoms with Gasteiger partial charge >= 0.3 is 0 Å². The summed E-state index contributed by atoms with van der Waals surface area (Å²) in [4.78, 5) is 12.5. The lowest BCUT2D eigenvalue weighted by molar-refractivity contribution is 0.0951. The minimum Gasteiger partial charge on any atom is -0.348 e. The molecule has 1 N–H and O–H groups in total. The van der Waals surface area contributed by atoms with E-state index >= 15 is 0 Å². The van der Waals surface area contributed by atoms with Crippen molar-refractivity contribution in [3.05, 3.63) is 112 Å². The summed E-state index contributed by atoms with van der Waals surface area (Å²) >= 11 is 0. The summed E-state index contributed by atoms with van der Waals surface area (Å²) in [5, 5.41) is 3.74. The summed E-state index contributed by atoms with van der Waals surface area (Å²) in [6.07, 6.45) is 4.83. The second kappa shape index (κ2) is 10.3. The van der Waals surface area contributed by atoms with E-state index in [2.05, 4.69) is 5.32 Å². The number of halogens is 2. The van der Waals surface area contributed by atoms with Gasteiger partial charge in [0.2, 0.25) is 0 Å². The zero-order valence-electron chi connectivity index (χ0n) is 19.7. The Morgan fingerprint density at radius 3 is 2.17 bits per heavy atom. The van der Waals surface area contributed by atoms with Gasteiger partial charge in [-0.2, -0.15) is 0 Å². The maximum atomic E-state index is 14.5. The van der Waals surface area contributed by atoms with Crippen LogP contribution in [0.25, 0.3) is 23.3 Å². The molecule has 1 amide bonds. The van der Waals surface area contributed by atoms with Crippen LogP contribution >= 0.6 is 0 Å². The standard InChI is InChI=1S/C28H24F2N2O3S/c1-3-23-25(24-7-5-6-8-26(24)30)18-32(27(23)4-2)36(34,35)22-15-11-20(12-16-22)28(33)31-17-19-9-13-21(29)14-10-19/h3-16,18H,17H2,1-2H3,(H,31,33)/b23-3-,27-4+. The van der Waals surface area contributed by atoms with Gasteiger partial charge in [-0.05, 0) is 61.9 Å². The van der Waals surface area contributed by atoms with Gasteiger partial charge in [-0.1, -0.05) is 42.5 Å². The molecule has 0 saturated heterocycles. The van der Waals surface area contributed by atoms with E-state index in [1.54, 1.807) is 56.3 Å². The highest BCUT2D eigenvalue weighted by Gasteiger charge is 2.21. The minimum atomic E-state index is -4.04. The zero-order chi connectivity index (χ0) is 25.9. The number of amides is 1. The van der Waals surface area contributed by atoms with E-state index in [1.807, 2.05) is 0 Å². The second-order valence-electron chi connectivity index (χ2n) is 8.03. The molecule has 5 nitrogen and oxygen atoms in total. The largest absolute Gasteiger partial charge is 0.348 e. The molecule has 0 saturated carbocycles. The molecule has 0 bridgehead atoms. The Hall–Kier alpha value is -4.04. The maximum absolute atomic E-state index is 14.5. The van der Waals surface area contributed by atoms with Crippen molar-refractivity contribution in [1.29, 1.82) is 0 Å². The van der Waals surface area contributed by atoms with Crippen molar-refractivity contribution in [1.82, 2.24) is 9.29 Å². The summed E-state index contributed by atoms with van der Waals surface area (Å²) < 4.78 is 55.8. The lowest BCUT2D eigenvalue weighted by Crippen LogP contribution is -2.33. The number of rotatable bonds is 6. The topological polar surface area (TPSA) is 68.2 Å². The Kier molecular flexibility index (Phi) is 7.17. The number of hydrogen-bond acceptors (Lipinski definition) is 3. The Morgan fingerprint density at radius 1 is 0.889 bits per heavy atom. The first-order chi connectivity index (χ1) is 17.3. The summed E-state index contributed by atoms with van der Waals surface area (Å²) in [5.41, 5.74) is 1.77. The Balaban J connectivity index is 1.65. The Bertz CT molecular complexity index is 1640. The molecule has 4 aromatic rings. The number of benzene rings is 3. The lowest BCUT2D eigenvalue weighted by Gasteiger charge is -2.09. The normalized spacial score (nSPS) is 12.7. The predicted molar refractivity (Wildman–Crippen MR) is 136 cm³/mol. The molecular formula is C28H24F2N2O3S. The molecule has 36 heavy (non-hydrogen) atoms. The van der Waals surface area contributed by atoms with Crippen molar-refractivity contribution in [3.63, 3.8) is 0 Å². The smallest absolute Gasteiger partial charge is 0.268 e. The molecular weight excluding hydrogens is 482 g/mol. The first-order valence-corrected chi connectivity index (χ1v) is 12.7. The van der Waals surface area contributed by atoms with E-state index in [4.69, 9.17) is 0 Å². The van der Waals surface area contributed by atoms with E-state index in [1.165, 1.54) is 48.7 Å². The van der Waals surface area contributed by atoms with Crippen molar-refractivity contribution < 1.29 is 22.0 Å². The molecule has 1 heterocycles. The fraction of sp³-hybridized carbons (Fsp3) is 0.107. The van der Waals surface area contributed by atoms with Crippen molar-refractivity contribution >= 4 is 28.1 Å². The molecule has 0 atom stereocenters. The number of nitrogens with one attached hydrogen (secondary N) is 1. The van der Waals surface area contributed by atoms with Crippen LogP contribution < -0.4 is 15.9 Å². The number of carbonyl (C=O) groups excluding carboxylic acids is 1. The fourth-order valence-electron chi connectivity index (χ4n) is 3.97. The van der Waals surface area contributed by atoms with Crippen molar-refractivity contribution in [2.75, 3.05) is 0 Å². The first-order valence-electron chi connectivity index (χ1n) is 11.2. The van der Waals surface area contributed by atoms with Crippen LogP contribution in [0, 0.1) is 11.6 Å². The van der Waals surface area contributed by atoms with Crippen LogP contribution in [0.1, 0.15) is 29.8 Å². The van der Waals surface area contributed by atoms with Gasteiger partial charge in [-0.25, -0.2) is 21.2 Å². The summed E-state index contributed by atoms with van der Waals surface area (Å²) in [5.74, 6) is -1.20. The molecule has 0 unspecified atom stereocenters. The zero-order valence-corrected chi connectivity index (χ0v) is 20.5. The van der Waals surface area contributed by atoms with Gasteiger partial charge in [0.05, 0.1) is 10.2 Å². The highest BCUT2D eigenvalue weighted by molar-refractivity contribution is 7.90. The van der Waals surface area contributed by atoms with Crippen molar-refractivity contribution in [2.45, 2.75) is 25.3 Å². The Morgan fingerprint density at radius 2 is 1.56 bits per heavy atom. The van der Waals surface area contributed by atoms with Crippen LogP contribution in [-0.4, -0.2) is 18.3 Å². The Labute approximate surface area is 208 Å². The van der Waals surface area contributed by atoms with E-state index in [0.717, 1.165) is 9.54 Å². The van der Waals surface area contributed by atoms with Gasteiger partial charge in [0.15, 0.2) is 0 Å². The molecule has 8 heteroatoms. The molecule has 0 aliphatic rings. The summed E-state index contributed by atoms with van der Waals surface area (Å²) in [6.45, 7) is 3.68. The highest BCUT2D eigenvalue weighted by Crippen LogP contribution is 2.21. The molecule has 3 aromatic carbocycles. The van der Waals surface area contributed by atoms with Gasteiger partial charge in [0.25, 0.3) is 15.9 Å². The number of aromatic nitrogens is 1. The SMILES string of the molecule is C/C=c1/c(-c2ccccc2F)cn(S(=O)(=O)c2ccc(C(=O)NCc3ccc(F)cc3)cc2)/c1=C/C. The van der Waals surface area contributed by atoms with Gasteiger partial charge in [0, 0.05) is 34.7 Å². The molecule has 0 spiro atoms. The first kappa shape index (κ1) is 25.1. The quantitative estimate of drug-likeness (QED) is 0.426. The molecule has 0 fully saturated rings. The third kappa shape index (κ3) is 4.85. The van der Waals surface area contributed by atoms with E-state index in [-0.39, 0.29) is 22.8 Å². The van der Waals surface area contributed by atoms with Gasteiger partial charge in [-0.15, -0.1) is 0 Å². The van der Waals surface area contributed by atoms with Crippen LogP contribution in [0.4, 0.5) is 8.78 Å². The molecule has 0 radical (unpaired) electrons. The van der Waals surface area contributed by atoms with Crippen LogP contribution in [-0.2, 0) is 16.6 Å². The van der Waals surface area contributed by atoms with E-state index in [0.29, 0.717) is 21.7 Å². The van der Waals surface area contributed by atoms with Crippen LogP contribution in [0.5, 0.6) is 0 Å². The van der Waals surface area contributed by atoms with E-state index in [9.17, 15) is 22.0 Å². The number of nitrogens with zero attached hydrogens (tertiary/aromatic N) is 1. The fourth-order valence-corrected chi connectivity index (χ4v) is 5.38. The monoisotopic (exact) mass is 506 g/mol. The minimum absolute atomic E-state index is 0.0154. The third-order valence-electron chi connectivity index (χ3n) is 5.82. The highest BCUT2D eigenvalue weighted by atomic mass is 32.2. The van der Waals surface area contributed by atoms with E-state index < -0.39 is 21.7 Å². The molecule has 0 aliphatic heterocycles. The van der Waals surface area contributed by atoms with Crippen molar-refractivity contribution in [2.24, 2.45) is 0 Å².